The van der Waals surface area contributed by atoms with Crippen molar-refractivity contribution in [2.45, 2.75) is 64.6 Å². The van der Waals surface area contributed by atoms with E-state index in [4.69, 9.17) is 0 Å². The van der Waals surface area contributed by atoms with Gasteiger partial charge in [-0.3, -0.25) is 14.6 Å². The number of aromatic nitrogens is 3. The predicted molar refractivity (Wildman–Crippen MR) is 105 cm³/mol. The van der Waals surface area contributed by atoms with Crippen molar-refractivity contribution in [1.82, 2.24) is 24.8 Å². The van der Waals surface area contributed by atoms with E-state index in [9.17, 15) is 9.59 Å². The van der Waals surface area contributed by atoms with Gasteiger partial charge in [0.05, 0.1) is 17.8 Å². The van der Waals surface area contributed by atoms with Crippen LogP contribution in [0.4, 0.5) is 0 Å². The van der Waals surface area contributed by atoms with E-state index in [1.165, 1.54) is 12.8 Å². The van der Waals surface area contributed by atoms with Crippen molar-refractivity contribution in [2.75, 3.05) is 6.54 Å². The maximum Gasteiger partial charge on any atom is 0.287 e. The zero-order chi connectivity index (χ0) is 19.7. The van der Waals surface area contributed by atoms with Crippen molar-refractivity contribution in [3.05, 3.63) is 47.3 Å². The minimum absolute atomic E-state index is 0.0465. The summed E-state index contributed by atoms with van der Waals surface area (Å²) < 4.78 is 2.05. The maximum absolute atomic E-state index is 12.9. The highest BCUT2D eigenvalue weighted by molar-refractivity contribution is 5.94. The quantitative estimate of drug-likeness (QED) is 0.883. The molecule has 0 aromatic carbocycles. The molecule has 2 aromatic heterocycles. The highest BCUT2D eigenvalue weighted by Gasteiger charge is 2.31. The Morgan fingerprint density at radius 2 is 2.04 bits per heavy atom. The third-order valence-corrected chi connectivity index (χ3v) is 5.66. The molecule has 0 saturated heterocycles. The molecule has 1 aliphatic heterocycles. The summed E-state index contributed by atoms with van der Waals surface area (Å²) in [4.78, 5) is 36.2. The van der Waals surface area contributed by atoms with Crippen molar-refractivity contribution >= 4 is 11.8 Å². The molecule has 7 heteroatoms. The third-order valence-electron chi connectivity index (χ3n) is 5.66. The summed E-state index contributed by atoms with van der Waals surface area (Å²) in [6, 6.07) is 3.94. The van der Waals surface area contributed by atoms with Gasteiger partial charge in [0.25, 0.3) is 11.8 Å². The number of pyridine rings is 1. The summed E-state index contributed by atoms with van der Waals surface area (Å²) in [7, 11) is 0. The van der Waals surface area contributed by atoms with Crippen LogP contribution in [-0.2, 0) is 13.0 Å². The second kappa shape index (κ2) is 7.73. The number of hydrogen-bond acceptors (Lipinski definition) is 4. The highest BCUT2D eigenvalue weighted by Crippen LogP contribution is 2.26. The fraction of sp³-hybridized carbons (Fsp3) is 0.524. The first kappa shape index (κ1) is 18.7. The van der Waals surface area contributed by atoms with E-state index in [2.05, 4.69) is 29.1 Å². The molecule has 0 unspecified atom stereocenters. The minimum atomic E-state index is -0.0971. The Balaban J connectivity index is 1.58. The molecule has 148 valence electrons. The number of amides is 2. The molecule has 0 radical (unpaired) electrons. The van der Waals surface area contributed by atoms with Crippen molar-refractivity contribution in [3.63, 3.8) is 0 Å². The Bertz CT molecular complexity index is 868. The van der Waals surface area contributed by atoms with Gasteiger partial charge in [0, 0.05) is 43.1 Å². The highest BCUT2D eigenvalue weighted by atomic mass is 16.2. The van der Waals surface area contributed by atoms with E-state index in [-0.39, 0.29) is 23.9 Å². The normalized spacial score (nSPS) is 17.0. The number of carbonyl (C=O) groups excluding carboxylic acids is 2. The number of hydrogen-bond donors (Lipinski definition) is 1. The van der Waals surface area contributed by atoms with Gasteiger partial charge >= 0.3 is 0 Å². The Labute approximate surface area is 165 Å². The van der Waals surface area contributed by atoms with Gasteiger partial charge < -0.3 is 14.8 Å². The van der Waals surface area contributed by atoms with Crippen LogP contribution >= 0.6 is 0 Å². The summed E-state index contributed by atoms with van der Waals surface area (Å²) in [5.41, 5.74) is 2.48. The maximum atomic E-state index is 12.9. The SMILES string of the molecule is CC(C)n1c(C(=O)NC2CCCC2)nc2c1CCN(C(=O)c1cccnc1)C2. The molecule has 0 bridgehead atoms. The number of nitrogens with zero attached hydrogens (tertiary/aromatic N) is 4. The molecular formula is C21H27N5O2. The molecule has 2 amide bonds. The van der Waals surface area contributed by atoms with Crippen LogP contribution in [0.2, 0.25) is 0 Å². The molecule has 2 aromatic rings. The van der Waals surface area contributed by atoms with Gasteiger partial charge in [-0.15, -0.1) is 0 Å². The molecule has 1 saturated carbocycles. The van der Waals surface area contributed by atoms with Gasteiger partial charge in [0.2, 0.25) is 0 Å². The van der Waals surface area contributed by atoms with Gasteiger partial charge in [-0.2, -0.15) is 0 Å². The number of imidazole rings is 1. The van der Waals surface area contributed by atoms with Crippen LogP contribution in [0.15, 0.2) is 24.5 Å². The zero-order valence-electron chi connectivity index (χ0n) is 16.5. The second-order valence-electron chi connectivity index (χ2n) is 7.97. The molecule has 1 aliphatic carbocycles. The lowest BCUT2D eigenvalue weighted by Crippen LogP contribution is -2.36. The molecule has 3 heterocycles. The molecule has 4 rings (SSSR count). The van der Waals surface area contributed by atoms with Crippen molar-refractivity contribution < 1.29 is 9.59 Å². The van der Waals surface area contributed by atoms with Crippen molar-refractivity contribution in [3.8, 4) is 0 Å². The summed E-state index contributed by atoms with van der Waals surface area (Å²) in [6.07, 6.45) is 8.37. The fourth-order valence-electron chi connectivity index (χ4n) is 4.29. The summed E-state index contributed by atoms with van der Waals surface area (Å²) in [6.45, 7) is 5.18. The van der Waals surface area contributed by atoms with Crippen LogP contribution < -0.4 is 5.32 Å². The van der Waals surface area contributed by atoms with E-state index < -0.39 is 0 Å². The van der Waals surface area contributed by atoms with E-state index in [0.717, 1.165) is 24.2 Å². The predicted octanol–water partition coefficient (Wildman–Crippen LogP) is 2.73. The van der Waals surface area contributed by atoms with E-state index in [1.807, 2.05) is 4.57 Å². The number of rotatable bonds is 4. The average molecular weight is 381 g/mol. The Morgan fingerprint density at radius 3 is 2.71 bits per heavy atom. The van der Waals surface area contributed by atoms with Crippen LogP contribution in [0.1, 0.15) is 77.9 Å². The molecule has 1 N–H and O–H groups in total. The molecule has 1 fully saturated rings. The van der Waals surface area contributed by atoms with Gasteiger partial charge in [0.15, 0.2) is 5.82 Å². The average Bonchev–Trinajstić information content (AvgIpc) is 3.34. The Kier molecular flexibility index (Phi) is 5.15. The second-order valence-corrected chi connectivity index (χ2v) is 7.97. The van der Waals surface area contributed by atoms with E-state index in [1.54, 1.807) is 29.4 Å². The first-order valence-corrected chi connectivity index (χ1v) is 10.1. The van der Waals surface area contributed by atoms with Gasteiger partial charge in [0.1, 0.15) is 0 Å². The van der Waals surface area contributed by atoms with Crippen molar-refractivity contribution in [1.29, 1.82) is 0 Å². The largest absolute Gasteiger partial charge is 0.347 e. The summed E-state index contributed by atoms with van der Waals surface area (Å²) in [5.74, 6) is 0.331. The number of carbonyl (C=O) groups is 2. The molecule has 0 spiro atoms. The van der Waals surface area contributed by atoms with Crippen LogP contribution in [0.5, 0.6) is 0 Å². The van der Waals surface area contributed by atoms with Crippen LogP contribution in [0.3, 0.4) is 0 Å². The monoisotopic (exact) mass is 381 g/mol. The lowest BCUT2D eigenvalue weighted by atomic mass is 10.1. The Morgan fingerprint density at radius 1 is 1.25 bits per heavy atom. The van der Waals surface area contributed by atoms with E-state index in [0.29, 0.717) is 30.9 Å². The molecule has 0 atom stereocenters. The van der Waals surface area contributed by atoms with Crippen molar-refractivity contribution in [2.24, 2.45) is 0 Å². The lowest BCUT2D eigenvalue weighted by molar-refractivity contribution is 0.0730. The molecular weight excluding hydrogens is 354 g/mol. The first-order valence-electron chi connectivity index (χ1n) is 10.1. The van der Waals surface area contributed by atoms with Gasteiger partial charge in [-0.05, 0) is 38.8 Å². The number of nitrogens with one attached hydrogen (secondary N) is 1. The standard InChI is InChI=1S/C21H27N5O2/c1-14(2)26-18-9-11-25(21(28)15-6-5-10-22-12-15)13-17(18)24-19(26)20(27)23-16-7-3-4-8-16/h5-6,10,12,14,16H,3-4,7-9,11,13H2,1-2H3,(H,23,27). The first-order chi connectivity index (χ1) is 13.5. The summed E-state index contributed by atoms with van der Waals surface area (Å²) >= 11 is 0. The smallest absolute Gasteiger partial charge is 0.287 e. The van der Waals surface area contributed by atoms with Crippen LogP contribution in [-0.4, -0.2) is 43.8 Å². The van der Waals surface area contributed by atoms with Gasteiger partial charge in [-0.25, -0.2) is 4.98 Å². The van der Waals surface area contributed by atoms with Crippen LogP contribution in [0, 0.1) is 0 Å². The minimum Gasteiger partial charge on any atom is -0.347 e. The molecule has 2 aliphatic rings. The van der Waals surface area contributed by atoms with E-state index >= 15 is 0 Å². The third kappa shape index (κ3) is 3.53. The summed E-state index contributed by atoms with van der Waals surface area (Å²) in [5, 5.41) is 3.15. The topological polar surface area (TPSA) is 80.1 Å². The van der Waals surface area contributed by atoms with Gasteiger partial charge in [-0.1, -0.05) is 12.8 Å². The molecule has 28 heavy (non-hydrogen) atoms. The van der Waals surface area contributed by atoms with Crippen LogP contribution in [0.25, 0.3) is 0 Å². The molecule has 7 nitrogen and oxygen atoms in total. The Hall–Kier alpha value is -2.70. The lowest BCUT2D eigenvalue weighted by Gasteiger charge is -2.27. The zero-order valence-corrected chi connectivity index (χ0v) is 16.5. The number of fused-ring (bicyclic) bond motifs is 1. The fourth-order valence-corrected chi connectivity index (χ4v) is 4.29.